The predicted octanol–water partition coefficient (Wildman–Crippen LogP) is 4.79. The molecule has 0 aliphatic heterocycles. The highest BCUT2D eigenvalue weighted by molar-refractivity contribution is 5.25. The molecule has 1 aromatic rings. The van der Waals surface area contributed by atoms with E-state index in [0.717, 1.165) is 36.5 Å². The standard InChI is InChI=1S/C17H24F3N/c1-2-12-3-7-14(8-4-12)16(21)11-13-5-9-15(10-6-13)17(18,19)20/h5-6,9-10,12,14,16H,2-4,7-8,11,21H2,1H3. The molecule has 1 aliphatic rings. The van der Waals surface area contributed by atoms with Crippen LogP contribution in [-0.2, 0) is 12.6 Å². The van der Waals surface area contributed by atoms with Gasteiger partial charge in [-0.2, -0.15) is 13.2 Å². The van der Waals surface area contributed by atoms with Gasteiger partial charge in [0.15, 0.2) is 0 Å². The van der Waals surface area contributed by atoms with Crippen LogP contribution in [0.15, 0.2) is 24.3 Å². The molecule has 1 aliphatic carbocycles. The Morgan fingerprint density at radius 3 is 2.14 bits per heavy atom. The molecule has 1 fully saturated rings. The molecule has 0 amide bonds. The lowest BCUT2D eigenvalue weighted by Gasteiger charge is -2.31. The Balaban J connectivity index is 1.89. The van der Waals surface area contributed by atoms with Crippen molar-refractivity contribution in [3.8, 4) is 0 Å². The van der Waals surface area contributed by atoms with E-state index in [4.69, 9.17) is 5.73 Å². The van der Waals surface area contributed by atoms with E-state index in [9.17, 15) is 13.2 Å². The lowest BCUT2D eigenvalue weighted by atomic mass is 9.76. The van der Waals surface area contributed by atoms with Crippen molar-refractivity contribution >= 4 is 0 Å². The maximum Gasteiger partial charge on any atom is 0.416 e. The minimum absolute atomic E-state index is 0.0551. The van der Waals surface area contributed by atoms with E-state index in [2.05, 4.69) is 6.92 Å². The van der Waals surface area contributed by atoms with Gasteiger partial charge in [-0.15, -0.1) is 0 Å². The highest BCUT2D eigenvalue weighted by Crippen LogP contribution is 2.33. The molecule has 0 bridgehead atoms. The molecule has 118 valence electrons. The third kappa shape index (κ3) is 4.47. The first kappa shape index (κ1) is 16.3. The van der Waals surface area contributed by atoms with E-state index in [1.165, 1.54) is 19.3 Å². The summed E-state index contributed by atoms with van der Waals surface area (Å²) in [6, 6.07) is 5.46. The summed E-state index contributed by atoms with van der Waals surface area (Å²) in [6.45, 7) is 2.23. The van der Waals surface area contributed by atoms with Gasteiger partial charge in [0.1, 0.15) is 0 Å². The highest BCUT2D eigenvalue weighted by Gasteiger charge is 2.30. The lowest BCUT2D eigenvalue weighted by molar-refractivity contribution is -0.137. The third-order valence-corrected chi connectivity index (χ3v) is 4.83. The van der Waals surface area contributed by atoms with E-state index < -0.39 is 11.7 Å². The van der Waals surface area contributed by atoms with Gasteiger partial charge in [0.05, 0.1) is 5.56 Å². The summed E-state index contributed by atoms with van der Waals surface area (Å²) in [5, 5.41) is 0. The Hall–Kier alpha value is -1.03. The van der Waals surface area contributed by atoms with E-state index in [0.29, 0.717) is 12.3 Å². The first-order valence-corrected chi connectivity index (χ1v) is 7.82. The van der Waals surface area contributed by atoms with Gasteiger partial charge in [-0.3, -0.25) is 0 Å². The molecule has 2 rings (SSSR count). The van der Waals surface area contributed by atoms with Gasteiger partial charge in [0.25, 0.3) is 0 Å². The Labute approximate surface area is 124 Å². The maximum absolute atomic E-state index is 12.5. The topological polar surface area (TPSA) is 26.0 Å². The molecular formula is C17H24F3N. The first-order chi connectivity index (χ1) is 9.90. The minimum atomic E-state index is -4.26. The van der Waals surface area contributed by atoms with E-state index in [-0.39, 0.29) is 6.04 Å². The molecule has 21 heavy (non-hydrogen) atoms. The van der Waals surface area contributed by atoms with Crippen LogP contribution in [0.5, 0.6) is 0 Å². The zero-order chi connectivity index (χ0) is 15.5. The maximum atomic E-state index is 12.5. The summed E-state index contributed by atoms with van der Waals surface area (Å²) in [7, 11) is 0. The highest BCUT2D eigenvalue weighted by atomic mass is 19.4. The summed E-state index contributed by atoms with van der Waals surface area (Å²) in [6.07, 6.45) is 2.42. The molecule has 0 radical (unpaired) electrons. The lowest BCUT2D eigenvalue weighted by Crippen LogP contribution is -2.34. The van der Waals surface area contributed by atoms with Crippen LogP contribution in [0.25, 0.3) is 0 Å². The molecule has 1 nitrogen and oxygen atoms in total. The summed E-state index contributed by atoms with van der Waals surface area (Å²) >= 11 is 0. The summed E-state index contributed by atoms with van der Waals surface area (Å²) in [5.41, 5.74) is 6.57. The van der Waals surface area contributed by atoms with Crippen molar-refractivity contribution in [3.63, 3.8) is 0 Å². The Kier molecular flexibility index (Phi) is 5.31. The number of hydrogen-bond donors (Lipinski definition) is 1. The largest absolute Gasteiger partial charge is 0.416 e. The molecule has 0 aromatic heterocycles. The second-order valence-corrected chi connectivity index (χ2v) is 6.25. The van der Waals surface area contributed by atoms with Crippen LogP contribution in [-0.4, -0.2) is 6.04 Å². The number of rotatable bonds is 4. The quantitative estimate of drug-likeness (QED) is 0.849. The fourth-order valence-electron chi connectivity index (χ4n) is 3.29. The van der Waals surface area contributed by atoms with Gasteiger partial charge in [-0.25, -0.2) is 0 Å². The molecule has 1 saturated carbocycles. The van der Waals surface area contributed by atoms with Gasteiger partial charge < -0.3 is 5.73 Å². The van der Waals surface area contributed by atoms with Gasteiger partial charge in [-0.1, -0.05) is 38.3 Å². The SMILES string of the molecule is CCC1CCC(C(N)Cc2ccc(C(F)(F)F)cc2)CC1. The van der Waals surface area contributed by atoms with E-state index >= 15 is 0 Å². The fraction of sp³-hybridized carbons (Fsp3) is 0.647. The summed E-state index contributed by atoms with van der Waals surface area (Å²) < 4.78 is 37.6. The van der Waals surface area contributed by atoms with E-state index in [1.54, 1.807) is 12.1 Å². The van der Waals surface area contributed by atoms with Crippen molar-refractivity contribution in [2.45, 2.75) is 57.7 Å². The fourth-order valence-corrected chi connectivity index (χ4v) is 3.29. The average molecular weight is 299 g/mol. The second kappa shape index (κ2) is 6.82. The van der Waals surface area contributed by atoms with Crippen molar-refractivity contribution in [3.05, 3.63) is 35.4 Å². The molecule has 1 aromatic carbocycles. The first-order valence-electron chi connectivity index (χ1n) is 7.82. The zero-order valence-corrected chi connectivity index (χ0v) is 12.5. The van der Waals surface area contributed by atoms with Crippen molar-refractivity contribution < 1.29 is 13.2 Å². The molecule has 0 saturated heterocycles. The molecule has 2 N–H and O–H groups in total. The van der Waals surface area contributed by atoms with Crippen molar-refractivity contribution in [1.82, 2.24) is 0 Å². The molecule has 0 spiro atoms. The number of nitrogens with two attached hydrogens (primary N) is 1. The molecule has 0 heterocycles. The molecule has 1 unspecified atom stereocenters. The summed E-state index contributed by atoms with van der Waals surface area (Å²) in [4.78, 5) is 0. The van der Waals surface area contributed by atoms with Crippen LogP contribution in [0, 0.1) is 11.8 Å². The van der Waals surface area contributed by atoms with Crippen LogP contribution in [0.2, 0.25) is 0 Å². The van der Waals surface area contributed by atoms with Gasteiger partial charge >= 0.3 is 6.18 Å². The Bertz CT molecular complexity index is 430. The normalized spacial score (nSPS) is 24.8. The molecule has 4 heteroatoms. The van der Waals surface area contributed by atoms with Gasteiger partial charge in [-0.05, 0) is 48.8 Å². The molecule has 1 atom stereocenters. The van der Waals surface area contributed by atoms with Crippen LogP contribution >= 0.6 is 0 Å². The van der Waals surface area contributed by atoms with Crippen LogP contribution in [0.3, 0.4) is 0 Å². The summed E-state index contributed by atoms with van der Waals surface area (Å²) in [5.74, 6) is 1.34. The number of benzene rings is 1. The monoisotopic (exact) mass is 299 g/mol. The zero-order valence-electron chi connectivity index (χ0n) is 12.5. The number of hydrogen-bond acceptors (Lipinski definition) is 1. The third-order valence-electron chi connectivity index (χ3n) is 4.83. The predicted molar refractivity (Wildman–Crippen MR) is 78.9 cm³/mol. The van der Waals surface area contributed by atoms with Crippen LogP contribution < -0.4 is 5.73 Å². The van der Waals surface area contributed by atoms with Crippen molar-refractivity contribution in [2.24, 2.45) is 17.6 Å². The van der Waals surface area contributed by atoms with Gasteiger partial charge in [0.2, 0.25) is 0 Å². The smallest absolute Gasteiger partial charge is 0.327 e. The second-order valence-electron chi connectivity index (χ2n) is 6.25. The molecular weight excluding hydrogens is 275 g/mol. The van der Waals surface area contributed by atoms with Gasteiger partial charge in [0, 0.05) is 6.04 Å². The van der Waals surface area contributed by atoms with Crippen molar-refractivity contribution in [2.75, 3.05) is 0 Å². The number of halogens is 3. The minimum Gasteiger partial charge on any atom is -0.327 e. The Morgan fingerprint density at radius 1 is 1.10 bits per heavy atom. The van der Waals surface area contributed by atoms with Crippen LogP contribution in [0.4, 0.5) is 13.2 Å². The van der Waals surface area contributed by atoms with Crippen LogP contribution in [0.1, 0.15) is 50.2 Å². The van der Waals surface area contributed by atoms with E-state index in [1.807, 2.05) is 0 Å². The average Bonchev–Trinajstić information content (AvgIpc) is 2.47. The van der Waals surface area contributed by atoms with Crippen molar-refractivity contribution in [1.29, 1.82) is 0 Å². The Morgan fingerprint density at radius 2 is 1.67 bits per heavy atom. The number of alkyl halides is 3.